The van der Waals surface area contributed by atoms with Crippen molar-refractivity contribution >= 4 is 17.9 Å². The molecular formula is C30H44N2O8. The predicted octanol–water partition coefficient (Wildman–Crippen LogP) is 4.20. The number of carboxylic acids is 3. The van der Waals surface area contributed by atoms with Crippen LogP contribution in [0, 0.1) is 5.92 Å². The van der Waals surface area contributed by atoms with E-state index in [1.54, 1.807) is 28.0 Å². The van der Waals surface area contributed by atoms with E-state index in [2.05, 4.69) is 13.8 Å². The zero-order valence-corrected chi connectivity index (χ0v) is 24.0. The summed E-state index contributed by atoms with van der Waals surface area (Å²) in [5, 5.41) is 48.5. The fraction of sp³-hybridized carbons (Fsp3) is 0.500. The molecule has 0 aliphatic rings. The second-order valence-electron chi connectivity index (χ2n) is 9.96. The van der Waals surface area contributed by atoms with E-state index in [0.29, 0.717) is 22.6 Å². The maximum atomic E-state index is 11.5. The first-order valence-corrected chi connectivity index (χ1v) is 13.6. The van der Waals surface area contributed by atoms with Gasteiger partial charge in [-0.15, -0.1) is 0 Å². The summed E-state index contributed by atoms with van der Waals surface area (Å²) in [6.07, 6.45) is 2.02. The molecule has 0 saturated carbocycles. The summed E-state index contributed by atoms with van der Waals surface area (Å²) in [4.78, 5) is 37.2. The Labute approximate surface area is 236 Å². The van der Waals surface area contributed by atoms with E-state index in [4.69, 9.17) is 5.11 Å². The number of phenolic OH excluding ortho intramolecular Hbond substituents is 2. The van der Waals surface area contributed by atoms with Crippen molar-refractivity contribution in [3.05, 3.63) is 58.7 Å². The van der Waals surface area contributed by atoms with Crippen molar-refractivity contribution in [2.45, 2.75) is 66.5 Å². The number of hydrogen-bond donors (Lipinski definition) is 5. The number of aryl methyl sites for hydroxylation is 2. The number of benzene rings is 2. The molecule has 0 atom stereocenters. The van der Waals surface area contributed by atoms with Crippen molar-refractivity contribution in [1.29, 1.82) is 0 Å². The molecule has 0 spiro atoms. The summed E-state index contributed by atoms with van der Waals surface area (Å²) in [7, 11) is 0. The second kappa shape index (κ2) is 17.9. The van der Waals surface area contributed by atoms with Gasteiger partial charge in [-0.3, -0.25) is 24.2 Å². The van der Waals surface area contributed by atoms with E-state index in [9.17, 15) is 34.8 Å². The minimum Gasteiger partial charge on any atom is -0.508 e. The minimum atomic E-state index is -1.08. The molecule has 10 nitrogen and oxygen atoms in total. The maximum Gasteiger partial charge on any atom is 0.317 e. The van der Waals surface area contributed by atoms with Crippen LogP contribution in [0.2, 0.25) is 0 Å². The van der Waals surface area contributed by atoms with E-state index in [1.165, 1.54) is 6.07 Å². The molecular weight excluding hydrogens is 516 g/mol. The van der Waals surface area contributed by atoms with Gasteiger partial charge in [-0.25, -0.2) is 0 Å². The van der Waals surface area contributed by atoms with Gasteiger partial charge in [0, 0.05) is 43.7 Å². The molecule has 0 fully saturated rings. The first-order chi connectivity index (χ1) is 18.9. The topological polar surface area (TPSA) is 159 Å². The van der Waals surface area contributed by atoms with E-state index >= 15 is 0 Å². The lowest BCUT2D eigenvalue weighted by molar-refractivity contribution is -0.140. The fourth-order valence-corrected chi connectivity index (χ4v) is 4.12. The van der Waals surface area contributed by atoms with Crippen molar-refractivity contribution in [2.75, 3.05) is 26.2 Å². The van der Waals surface area contributed by atoms with Gasteiger partial charge in [0.2, 0.25) is 0 Å². The van der Waals surface area contributed by atoms with Gasteiger partial charge in [-0.1, -0.05) is 52.0 Å². The zero-order chi connectivity index (χ0) is 30.2. The van der Waals surface area contributed by atoms with Crippen LogP contribution in [0.25, 0.3) is 0 Å². The third-order valence-electron chi connectivity index (χ3n) is 6.16. The Morgan fingerprint density at radius 3 is 1.50 bits per heavy atom. The molecule has 222 valence electrons. The molecule has 2 aromatic carbocycles. The maximum absolute atomic E-state index is 11.5. The zero-order valence-electron chi connectivity index (χ0n) is 24.0. The largest absolute Gasteiger partial charge is 0.508 e. The molecule has 0 aromatic heterocycles. The lowest BCUT2D eigenvalue weighted by Crippen LogP contribution is -2.39. The van der Waals surface area contributed by atoms with Gasteiger partial charge in [0.1, 0.15) is 11.5 Å². The summed E-state index contributed by atoms with van der Waals surface area (Å²) >= 11 is 0. The summed E-state index contributed by atoms with van der Waals surface area (Å²) in [6, 6.07) is 10.1. The van der Waals surface area contributed by atoms with Gasteiger partial charge in [0.05, 0.1) is 13.1 Å². The van der Waals surface area contributed by atoms with Crippen LogP contribution in [-0.4, -0.2) is 79.4 Å². The molecule has 0 heterocycles. The number of rotatable bonds is 17. The average Bonchev–Trinajstić information content (AvgIpc) is 2.88. The molecule has 0 unspecified atom stereocenters. The third kappa shape index (κ3) is 13.4. The molecule has 0 saturated heterocycles. The Hall–Kier alpha value is -3.63. The SMILES string of the molecule is CC.CC(C)CCc1ccc(O)c(CN(CCN(CC(=O)O)Cc2cc(CCC(=O)O)ccc2O)CC(=O)O)c1. The van der Waals surface area contributed by atoms with Gasteiger partial charge >= 0.3 is 17.9 Å². The van der Waals surface area contributed by atoms with Crippen LogP contribution in [0.3, 0.4) is 0 Å². The van der Waals surface area contributed by atoms with Gasteiger partial charge in [0.15, 0.2) is 0 Å². The minimum absolute atomic E-state index is 0.0370. The van der Waals surface area contributed by atoms with E-state index < -0.39 is 17.9 Å². The highest BCUT2D eigenvalue weighted by Gasteiger charge is 2.18. The average molecular weight is 561 g/mol. The Balaban J connectivity index is 0.00000391. The highest BCUT2D eigenvalue weighted by Crippen LogP contribution is 2.23. The lowest BCUT2D eigenvalue weighted by atomic mass is 10.0. The Kier molecular flexibility index (Phi) is 15.4. The molecule has 0 amide bonds. The molecule has 0 aliphatic carbocycles. The van der Waals surface area contributed by atoms with Gasteiger partial charge in [-0.2, -0.15) is 0 Å². The van der Waals surface area contributed by atoms with Crippen LogP contribution >= 0.6 is 0 Å². The van der Waals surface area contributed by atoms with Crippen LogP contribution < -0.4 is 0 Å². The highest BCUT2D eigenvalue weighted by atomic mass is 16.4. The molecule has 0 radical (unpaired) electrons. The predicted molar refractivity (Wildman–Crippen MR) is 153 cm³/mol. The summed E-state index contributed by atoms with van der Waals surface area (Å²) in [6.45, 7) is 8.26. The monoisotopic (exact) mass is 560 g/mol. The van der Waals surface area contributed by atoms with Gasteiger partial charge < -0.3 is 25.5 Å². The van der Waals surface area contributed by atoms with Crippen LogP contribution in [0.15, 0.2) is 36.4 Å². The van der Waals surface area contributed by atoms with Crippen LogP contribution in [0.4, 0.5) is 0 Å². The molecule has 10 heteroatoms. The smallest absolute Gasteiger partial charge is 0.317 e. The van der Waals surface area contributed by atoms with Gasteiger partial charge in [-0.05, 0) is 48.4 Å². The first kappa shape index (κ1) is 34.4. The molecule has 0 aliphatic heterocycles. The van der Waals surface area contributed by atoms with Crippen LogP contribution in [0.5, 0.6) is 11.5 Å². The highest BCUT2D eigenvalue weighted by molar-refractivity contribution is 5.69. The summed E-state index contributed by atoms with van der Waals surface area (Å²) < 4.78 is 0. The lowest BCUT2D eigenvalue weighted by Gasteiger charge is -2.26. The number of carboxylic acid groups (broad SMARTS) is 3. The van der Waals surface area contributed by atoms with Crippen molar-refractivity contribution in [3.63, 3.8) is 0 Å². The second-order valence-corrected chi connectivity index (χ2v) is 9.96. The summed E-state index contributed by atoms with van der Waals surface area (Å²) in [5.74, 6) is -2.51. The van der Waals surface area contributed by atoms with E-state index in [1.807, 2.05) is 26.0 Å². The van der Waals surface area contributed by atoms with Crippen molar-refractivity contribution in [2.24, 2.45) is 5.92 Å². The number of hydrogen-bond acceptors (Lipinski definition) is 7. The Morgan fingerprint density at radius 2 is 1.12 bits per heavy atom. The standard InChI is InChI=1S/C28H38N2O8.C2H6/c1-19(2)3-4-20-5-8-24(31)22(13-20)15-29(17-27(35)36)11-12-30(18-28(37)38)16-23-14-21(6-9-25(23)32)7-10-26(33)34;1-2/h5-6,8-9,13-14,19,31-32H,3-4,7,10-12,15-18H2,1-2H3,(H,33,34)(H,35,36)(H,37,38);1-2H3. The fourth-order valence-electron chi connectivity index (χ4n) is 4.12. The quantitative estimate of drug-likeness (QED) is 0.190. The number of aromatic hydroxyl groups is 2. The molecule has 2 rings (SSSR count). The van der Waals surface area contributed by atoms with Crippen molar-refractivity contribution in [1.82, 2.24) is 9.80 Å². The van der Waals surface area contributed by atoms with Crippen molar-refractivity contribution < 1.29 is 39.9 Å². The Morgan fingerprint density at radius 1 is 0.700 bits per heavy atom. The number of aliphatic carboxylic acids is 3. The van der Waals surface area contributed by atoms with Gasteiger partial charge in [0.25, 0.3) is 0 Å². The molecule has 0 bridgehead atoms. The number of phenols is 2. The van der Waals surface area contributed by atoms with Crippen LogP contribution in [-0.2, 0) is 40.3 Å². The Bertz CT molecular complexity index is 1100. The molecule has 2 aromatic rings. The normalized spacial score (nSPS) is 11.0. The number of carbonyl (C=O) groups is 3. The van der Waals surface area contributed by atoms with E-state index in [-0.39, 0.29) is 63.6 Å². The van der Waals surface area contributed by atoms with Crippen molar-refractivity contribution in [3.8, 4) is 11.5 Å². The first-order valence-electron chi connectivity index (χ1n) is 13.6. The van der Waals surface area contributed by atoms with Crippen LogP contribution in [0.1, 0.15) is 62.8 Å². The summed E-state index contributed by atoms with van der Waals surface area (Å²) in [5.41, 5.74) is 2.80. The molecule has 40 heavy (non-hydrogen) atoms. The third-order valence-corrected chi connectivity index (χ3v) is 6.16. The van der Waals surface area contributed by atoms with E-state index in [0.717, 1.165) is 18.4 Å². The molecule has 5 N–H and O–H groups in total. The number of nitrogens with zero attached hydrogens (tertiary/aromatic N) is 2.